The van der Waals surface area contributed by atoms with Crippen molar-refractivity contribution >= 4 is 40.7 Å². The predicted octanol–water partition coefficient (Wildman–Crippen LogP) is 2.76. The molecule has 2 aliphatic heterocycles. The number of hydrogen-bond donors (Lipinski definition) is 0. The fourth-order valence-corrected chi connectivity index (χ4v) is 3.64. The Morgan fingerprint density at radius 1 is 1.14 bits per heavy atom. The number of halogens is 1. The Morgan fingerprint density at radius 3 is 2.52 bits per heavy atom. The molecule has 1 atom stereocenters. The summed E-state index contributed by atoms with van der Waals surface area (Å²) in [5.74, 6) is -0.819. The number of nitrogens with zero attached hydrogens (tertiary/aromatic N) is 5. The molecule has 0 aliphatic carbocycles. The number of carbonyl (C=O) groups excluding carboxylic acids is 2. The van der Waals surface area contributed by atoms with E-state index in [9.17, 15) is 9.59 Å². The Morgan fingerprint density at radius 2 is 1.83 bits per heavy atom. The lowest BCUT2D eigenvalue weighted by Crippen LogP contribution is -2.59. The zero-order valence-electron chi connectivity index (χ0n) is 16.2. The highest BCUT2D eigenvalue weighted by molar-refractivity contribution is 6.36. The van der Waals surface area contributed by atoms with Gasteiger partial charge in [-0.3, -0.25) is 4.79 Å². The van der Waals surface area contributed by atoms with Gasteiger partial charge in [0.05, 0.1) is 23.5 Å². The van der Waals surface area contributed by atoms with E-state index in [0.717, 1.165) is 11.4 Å². The van der Waals surface area contributed by atoms with E-state index in [-0.39, 0.29) is 18.3 Å². The first kappa shape index (κ1) is 19.1. The highest BCUT2D eigenvalue weighted by Gasteiger charge is 2.48. The molecule has 2 aromatic carbocycles. The lowest BCUT2D eigenvalue weighted by molar-refractivity contribution is -0.136. The number of amides is 1. The van der Waals surface area contributed by atoms with Crippen LogP contribution in [-0.2, 0) is 9.53 Å². The topological polar surface area (TPSA) is 68.7 Å². The number of benzene rings is 2. The maximum absolute atomic E-state index is 13.2. The molecule has 150 valence electrons. The Kier molecular flexibility index (Phi) is 4.79. The maximum Gasteiger partial charge on any atom is 0.377 e. The number of fused-ring (bicyclic) bond motifs is 2. The monoisotopic (exact) mass is 413 g/mol. The molecule has 0 spiro atoms. The lowest BCUT2D eigenvalue weighted by atomic mass is 10.1. The van der Waals surface area contributed by atoms with Gasteiger partial charge in [0.15, 0.2) is 0 Å². The average Bonchev–Trinajstić information content (AvgIpc) is 3.10. The van der Waals surface area contributed by atoms with Gasteiger partial charge in [-0.05, 0) is 43.3 Å². The van der Waals surface area contributed by atoms with Gasteiger partial charge in [0, 0.05) is 19.1 Å². The quantitative estimate of drug-likeness (QED) is 0.721. The normalized spacial score (nSPS) is 18.3. The fraction of sp³-hybridized carbons (Fsp3) is 0.250. The molecule has 2 aliphatic rings. The molecule has 8 nitrogen and oxygen atoms in total. The fourth-order valence-electron chi connectivity index (χ4n) is 3.51. The molecule has 2 aromatic rings. The SMILES string of the molecule is CCOC(=O)C1=NN(c2ccc(Cl)cc2)[C@H]2N(C)c3ccccc3C(=O)N(C)N12. The van der Waals surface area contributed by atoms with Crippen LogP contribution >= 0.6 is 11.6 Å². The highest BCUT2D eigenvalue weighted by Crippen LogP contribution is 2.35. The number of hydrogen-bond acceptors (Lipinski definition) is 7. The number of anilines is 2. The van der Waals surface area contributed by atoms with Crippen molar-refractivity contribution in [3.63, 3.8) is 0 Å². The highest BCUT2D eigenvalue weighted by atomic mass is 35.5. The molecule has 0 aromatic heterocycles. The van der Waals surface area contributed by atoms with E-state index >= 15 is 0 Å². The van der Waals surface area contributed by atoms with Crippen LogP contribution in [0.3, 0.4) is 0 Å². The van der Waals surface area contributed by atoms with Crippen LogP contribution in [0.15, 0.2) is 53.6 Å². The third kappa shape index (κ3) is 3.05. The summed E-state index contributed by atoms with van der Waals surface area (Å²) in [6.07, 6.45) is -0.590. The van der Waals surface area contributed by atoms with E-state index in [2.05, 4.69) is 5.10 Å². The minimum atomic E-state index is -0.604. The molecule has 4 rings (SSSR count). The smallest absolute Gasteiger partial charge is 0.377 e. The van der Waals surface area contributed by atoms with Gasteiger partial charge in [-0.15, -0.1) is 5.10 Å². The van der Waals surface area contributed by atoms with Crippen LogP contribution in [0, 0.1) is 0 Å². The van der Waals surface area contributed by atoms with Gasteiger partial charge in [0.1, 0.15) is 0 Å². The summed E-state index contributed by atoms with van der Waals surface area (Å²) >= 11 is 6.04. The summed E-state index contributed by atoms with van der Waals surface area (Å²) in [4.78, 5) is 27.7. The Bertz CT molecular complexity index is 994. The number of hydrazine groups is 1. The molecular weight excluding hydrogens is 394 g/mol. The molecule has 0 fully saturated rings. The van der Waals surface area contributed by atoms with E-state index in [0.29, 0.717) is 10.6 Å². The molecule has 2 heterocycles. The van der Waals surface area contributed by atoms with Crippen LogP contribution in [0.5, 0.6) is 0 Å². The summed E-state index contributed by atoms with van der Waals surface area (Å²) < 4.78 is 5.20. The number of amidine groups is 1. The number of para-hydroxylation sites is 1. The van der Waals surface area contributed by atoms with Crippen LogP contribution < -0.4 is 9.91 Å². The second kappa shape index (κ2) is 7.29. The summed E-state index contributed by atoms with van der Waals surface area (Å²) in [6, 6.07) is 14.4. The van der Waals surface area contributed by atoms with Gasteiger partial charge >= 0.3 is 5.97 Å². The van der Waals surface area contributed by atoms with Gasteiger partial charge in [-0.25, -0.2) is 19.8 Å². The van der Waals surface area contributed by atoms with Crippen molar-refractivity contribution in [1.82, 2.24) is 10.0 Å². The van der Waals surface area contributed by atoms with Crippen molar-refractivity contribution in [2.45, 2.75) is 13.2 Å². The molecular formula is C20H20ClN5O3. The molecule has 0 N–H and O–H groups in total. The van der Waals surface area contributed by atoms with Gasteiger partial charge in [-0.1, -0.05) is 23.7 Å². The number of hydrazone groups is 1. The first-order chi connectivity index (χ1) is 13.9. The summed E-state index contributed by atoms with van der Waals surface area (Å²) in [7, 11) is 3.47. The van der Waals surface area contributed by atoms with Crippen LogP contribution in [0.2, 0.25) is 5.02 Å². The Hall–Kier alpha value is -3.26. The average molecular weight is 414 g/mol. The molecule has 0 saturated carbocycles. The van der Waals surface area contributed by atoms with Crippen molar-refractivity contribution in [3.05, 3.63) is 59.1 Å². The first-order valence-corrected chi connectivity index (χ1v) is 9.51. The number of ether oxygens (including phenoxy) is 1. The molecule has 0 bridgehead atoms. The molecule has 9 heteroatoms. The summed E-state index contributed by atoms with van der Waals surface area (Å²) in [6.45, 7) is 1.92. The number of esters is 1. The molecule has 0 radical (unpaired) electrons. The molecule has 1 amide bonds. The molecule has 0 saturated heterocycles. The van der Waals surface area contributed by atoms with E-state index in [1.165, 1.54) is 5.01 Å². The second-order valence-electron chi connectivity index (χ2n) is 6.61. The van der Waals surface area contributed by atoms with Crippen LogP contribution in [0.25, 0.3) is 0 Å². The Labute approximate surface area is 173 Å². The summed E-state index contributed by atoms with van der Waals surface area (Å²) in [5.41, 5.74) is 1.98. The van der Waals surface area contributed by atoms with Crippen molar-refractivity contribution < 1.29 is 14.3 Å². The van der Waals surface area contributed by atoms with Gasteiger partial charge in [0.2, 0.25) is 6.29 Å². The van der Waals surface area contributed by atoms with Gasteiger partial charge < -0.3 is 9.64 Å². The minimum absolute atomic E-state index is 0.0299. The minimum Gasteiger partial charge on any atom is -0.460 e. The predicted molar refractivity (Wildman–Crippen MR) is 111 cm³/mol. The zero-order valence-corrected chi connectivity index (χ0v) is 17.0. The van der Waals surface area contributed by atoms with E-state index in [1.54, 1.807) is 42.2 Å². The van der Waals surface area contributed by atoms with Gasteiger partial charge in [-0.2, -0.15) is 0 Å². The van der Waals surface area contributed by atoms with Crippen molar-refractivity contribution in [2.24, 2.45) is 5.10 Å². The second-order valence-corrected chi connectivity index (χ2v) is 7.05. The van der Waals surface area contributed by atoms with Crippen LogP contribution in [-0.4, -0.2) is 54.7 Å². The number of rotatable bonds is 3. The molecule has 29 heavy (non-hydrogen) atoms. The van der Waals surface area contributed by atoms with Crippen molar-refractivity contribution in [3.8, 4) is 0 Å². The third-order valence-electron chi connectivity index (χ3n) is 4.88. The largest absolute Gasteiger partial charge is 0.460 e. The maximum atomic E-state index is 13.2. The van der Waals surface area contributed by atoms with Crippen molar-refractivity contribution in [2.75, 3.05) is 30.6 Å². The van der Waals surface area contributed by atoms with Crippen LogP contribution in [0.1, 0.15) is 17.3 Å². The van der Waals surface area contributed by atoms with E-state index < -0.39 is 12.3 Å². The standard InChI is InChI=1S/C20H20ClN5O3/c1-4-29-19(28)17-22-25(14-11-9-13(21)10-12-14)20-23(2)16-8-6-5-7-15(16)18(27)24(3)26(17)20/h5-12,20H,4H2,1-3H3/t20-/m1/s1. The Balaban J connectivity index is 1.88. The molecule has 0 unspecified atom stereocenters. The van der Waals surface area contributed by atoms with E-state index in [1.807, 2.05) is 42.3 Å². The third-order valence-corrected chi connectivity index (χ3v) is 5.14. The lowest BCUT2D eigenvalue weighted by Gasteiger charge is -2.39. The van der Waals surface area contributed by atoms with Gasteiger partial charge in [0.25, 0.3) is 11.7 Å². The van der Waals surface area contributed by atoms with Crippen molar-refractivity contribution in [1.29, 1.82) is 0 Å². The van der Waals surface area contributed by atoms with Crippen LogP contribution in [0.4, 0.5) is 11.4 Å². The zero-order chi connectivity index (χ0) is 20.7. The number of carbonyl (C=O) groups is 2. The first-order valence-electron chi connectivity index (χ1n) is 9.13. The van der Waals surface area contributed by atoms with E-state index in [4.69, 9.17) is 16.3 Å². The summed E-state index contributed by atoms with van der Waals surface area (Å²) in [5, 5.41) is 9.74.